The Morgan fingerprint density at radius 3 is 1.57 bits per heavy atom. The largest absolute Gasteiger partial charge is 0.756 e. The lowest BCUT2D eigenvalue weighted by Crippen LogP contribution is -2.37. The predicted molar refractivity (Wildman–Crippen MR) is 227 cm³/mol. The number of hydrogen-bond acceptors (Lipinski definition) is 7. The van der Waals surface area contributed by atoms with Crippen LogP contribution in [0, 0.1) is 0 Å². The van der Waals surface area contributed by atoms with Crippen molar-refractivity contribution in [2.75, 3.05) is 54.1 Å². The van der Waals surface area contributed by atoms with Gasteiger partial charge in [0.2, 0.25) is 0 Å². The number of carbonyl (C=O) groups is 1. The van der Waals surface area contributed by atoms with Crippen molar-refractivity contribution in [1.82, 2.24) is 0 Å². The first-order valence-electron chi connectivity index (χ1n) is 22.6. The Kier molecular flexibility index (Phi) is 38.1. The Labute approximate surface area is 334 Å². The van der Waals surface area contributed by atoms with Crippen LogP contribution in [0.3, 0.4) is 0 Å². The highest BCUT2D eigenvalue weighted by atomic mass is 31.2. The molecule has 0 spiro atoms. The smallest absolute Gasteiger partial charge is 0.306 e. The van der Waals surface area contributed by atoms with Crippen molar-refractivity contribution in [3.63, 3.8) is 0 Å². The molecule has 0 aromatic heterocycles. The second-order valence-corrected chi connectivity index (χ2v) is 17.8. The van der Waals surface area contributed by atoms with Crippen LogP contribution in [0.25, 0.3) is 0 Å². The first kappa shape index (κ1) is 53.0. The van der Waals surface area contributed by atoms with E-state index < -0.39 is 13.9 Å². The maximum atomic E-state index is 12.7. The van der Waals surface area contributed by atoms with Crippen molar-refractivity contribution >= 4 is 13.8 Å². The van der Waals surface area contributed by atoms with Crippen LogP contribution in [-0.2, 0) is 27.9 Å². The summed E-state index contributed by atoms with van der Waals surface area (Å²) in [6.45, 7) is 5.35. The van der Waals surface area contributed by atoms with Crippen molar-refractivity contribution in [3.8, 4) is 0 Å². The maximum Gasteiger partial charge on any atom is 0.306 e. The molecule has 0 fully saturated rings. The number of ether oxygens (including phenoxy) is 2. The molecule has 9 heteroatoms. The molecule has 0 aromatic rings. The lowest BCUT2D eigenvalue weighted by Gasteiger charge is -2.28. The number of carbonyl (C=O) groups excluding carboxylic acids is 1. The van der Waals surface area contributed by atoms with Gasteiger partial charge >= 0.3 is 5.97 Å². The lowest BCUT2D eigenvalue weighted by molar-refractivity contribution is -0.870. The molecule has 0 rings (SSSR count). The summed E-state index contributed by atoms with van der Waals surface area (Å²) in [6, 6.07) is 0. The number of phosphoric acid groups is 1. The normalized spacial score (nSPS) is 14.0. The fraction of sp³-hybridized carbons (Fsp3) is 0.889. The number of esters is 1. The van der Waals surface area contributed by atoms with Crippen LogP contribution in [0.5, 0.6) is 0 Å². The van der Waals surface area contributed by atoms with Gasteiger partial charge in [-0.25, -0.2) is 0 Å². The molecule has 0 aliphatic carbocycles. The molecule has 0 radical (unpaired) electrons. The lowest BCUT2D eigenvalue weighted by atomic mass is 10.0. The van der Waals surface area contributed by atoms with Crippen molar-refractivity contribution in [2.24, 2.45) is 0 Å². The molecule has 0 saturated heterocycles. The second kappa shape index (κ2) is 38.8. The van der Waals surface area contributed by atoms with E-state index in [0.29, 0.717) is 24.1 Å². The van der Waals surface area contributed by atoms with E-state index in [1.54, 1.807) is 0 Å². The van der Waals surface area contributed by atoms with E-state index in [4.69, 9.17) is 18.5 Å². The molecule has 0 N–H and O–H groups in total. The van der Waals surface area contributed by atoms with Crippen LogP contribution in [0.2, 0.25) is 0 Å². The Hall–Kier alpha value is -1.02. The Morgan fingerprint density at radius 2 is 1.06 bits per heavy atom. The van der Waals surface area contributed by atoms with Crippen molar-refractivity contribution < 1.29 is 37.3 Å². The molecule has 0 bridgehead atoms. The molecule has 54 heavy (non-hydrogen) atoms. The molecule has 320 valence electrons. The Morgan fingerprint density at radius 1 is 0.574 bits per heavy atom. The highest BCUT2D eigenvalue weighted by molar-refractivity contribution is 7.45. The van der Waals surface area contributed by atoms with E-state index in [1.165, 1.54) is 128 Å². The molecular weight excluding hydrogens is 697 g/mol. The molecular formula is C45H88NO7P. The van der Waals surface area contributed by atoms with Gasteiger partial charge in [0.25, 0.3) is 7.82 Å². The topological polar surface area (TPSA) is 94.1 Å². The number of phosphoric ester groups is 1. The summed E-state index contributed by atoms with van der Waals surface area (Å²) in [5.74, 6) is -0.335. The number of quaternary nitrogens is 1. The predicted octanol–water partition coefficient (Wildman–Crippen LogP) is 12.6. The van der Waals surface area contributed by atoms with Gasteiger partial charge < -0.3 is 27.9 Å². The maximum absolute atomic E-state index is 12.7. The van der Waals surface area contributed by atoms with E-state index in [2.05, 4.69) is 38.2 Å². The van der Waals surface area contributed by atoms with Crippen molar-refractivity contribution in [1.29, 1.82) is 0 Å². The summed E-state index contributed by atoms with van der Waals surface area (Å²) in [5.41, 5.74) is 0. The Balaban J connectivity index is 4.19. The van der Waals surface area contributed by atoms with Gasteiger partial charge in [0.15, 0.2) is 0 Å². The Bertz CT molecular complexity index is 920. The van der Waals surface area contributed by atoms with Crippen LogP contribution in [0.15, 0.2) is 24.3 Å². The fourth-order valence-electron chi connectivity index (χ4n) is 6.23. The molecule has 0 aliphatic rings. The molecule has 2 atom stereocenters. The average Bonchev–Trinajstić information content (AvgIpc) is 3.12. The zero-order chi connectivity index (χ0) is 39.9. The van der Waals surface area contributed by atoms with E-state index in [-0.39, 0.29) is 25.8 Å². The molecule has 0 amide bonds. The third kappa shape index (κ3) is 42.1. The molecule has 0 saturated carbocycles. The second-order valence-electron chi connectivity index (χ2n) is 16.4. The van der Waals surface area contributed by atoms with Gasteiger partial charge in [0.1, 0.15) is 19.3 Å². The summed E-state index contributed by atoms with van der Waals surface area (Å²) in [4.78, 5) is 25.1. The van der Waals surface area contributed by atoms with E-state index in [0.717, 1.165) is 51.4 Å². The van der Waals surface area contributed by atoms with Crippen LogP contribution in [0.1, 0.15) is 200 Å². The minimum atomic E-state index is -4.52. The number of allylic oxidation sites excluding steroid dienone is 4. The summed E-state index contributed by atoms with van der Waals surface area (Å²) in [6.07, 6.45) is 43.3. The summed E-state index contributed by atoms with van der Waals surface area (Å²) in [5, 5.41) is 0. The van der Waals surface area contributed by atoms with Crippen LogP contribution < -0.4 is 4.89 Å². The summed E-state index contributed by atoms with van der Waals surface area (Å²) < 4.78 is 34.6. The minimum Gasteiger partial charge on any atom is -0.756 e. The van der Waals surface area contributed by atoms with E-state index >= 15 is 0 Å². The van der Waals surface area contributed by atoms with Gasteiger partial charge in [0.05, 0.1) is 34.4 Å². The number of rotatable bonds is 42. The standard InChI is InChI=1S/C45H88NO7P/c1-6-8-10-12-14-16-18-20-22-23-24-25-26-28-30-32-34-36-38-45(47)53-44(43-52-54(48,49)51-41-39-46(3,4)5)42-50-40-37-35-33-31-29-27-21-19-17-15-13-11-9-7-2/h11,13,17,19,44H,6-10,12,14-16,18,20-43H2,1-5H3/b13-11-,19-17-. The first-order valence-corrected chi connectivity index (χ1v) is 24.0. The fourth-order valence-corrected chi connectivity index (χ4v) is 6.96. The highest BCUT2D eigenvalue weighted by Gasteiger charge is 2.20. The number of likely N-dealkylation sites (N-methyl/N-ethyl adjacent to an activating group) is 1. The van der Waals surface area contributed by atoms with Gasteiger partial charge in [0, 0.05) is 13.0 Å². The van der Waals surface area contributed by atoms with Gasteiger partial charge in [-0.2, -0.15) is 0 Å². The van der Waals surface area contributed by atoms with Crippen molar-refractivity contribution in [2.45, 2.75) is 206 Å². The summed E-state index contributed by atoms with van der Waals surface area (Å²) in [7, 11) is 1.36. The quantitative estimate of drug-likeness (QED) is 0.0200. The van der Waals surface area contributed by atoms with E-state index in [1.807, 2.05) is 21.1 Å². The monoisotopic (exact) mass is 786 g/mol. The van der Waals surface area contributed by atoms with Crippen molar-refractivity contribution in [3.05, 3.63) is 24.3 Å². The minimum absolute atomic E-state index is 0.0258. The molecule has 0 heterocycles. The third-order valence-corrected chi connectivity index (χ3v) is 10.7. The van der Waals surface area contributed by atoms with Crippen LogP contribution >= 0.6 is 7.82 Å². The SMILES string of the molecule is CCC/C=C\C/C=C\CCCCCCCCOCC(COP(=O)([O-])OCC[N+](C)(C)C)OC(=O)CCCCCCCCCCCCCCCCCCCC. The third-order valence-electron chi connectivity index (χ3n) is 9.74. The molecule has 0 aliphatic heterocycles. The molecule has 8 nitrogen and oxygen atoms in total. The number of hydrogen-bond donors (Lipinski definition) is 0. The van der Waals surface area contributed by atoms with Gasteiger partial charge in [-0.1, -0.05) is 179 Å². The van der Waals surface area contributed by atoms with Crippen LogP contribution in [-0.4, -0.2) is 70.7 Å². The zero-order valence-electron chi connectivity index (χ0n) is 36.2. The van der Waals surface area contributed by atoms with E-state index in [9.17, 15) is 14.3 Å². The summed E-state index contributed by atoms with van der Waals surface area (Å²) >= 11 is 0. The van der Waals surface area contributed by atoms with Crippen LogP contribution in [0.4, 0.5) is 0 Å². The zero-order valence-corrected chi connectivity index (χ0v) is 37.1. The van der Waals surface area contributed by atoms with Gasteiger partial charge in [-0.05, 0) is 38.5 Å². The number of unbranched alkanes of at least 4 members (excludes halogenated alkanes) is 24. The first-order chi connectivity index (χ1) is 26.1. The average molecular weight is 786 g/mol. The highest BCUT2D eigenvalue weighted by Crippen LogP contribution is 2.38. The molecule has 0 aromatic carbocycles. The number of nitrogens with zero attached hydrogens (tertiary/aromatic N) is 1. The van der Waals surface area contributed by atoms with Gasteiger partial charge in [-0.15, -0.1) is 0 Å². The van der Waals surface area contributed by atoms with Gasteiger partial charge in [-0.3, -0.25) is 9.36 Å². The molecule has 2 unspecified atom stereocenters.